The average molecular weight is 886 g/mol. The number of methoxy groups -OCH3 is 3. The molecule has 8 nitrogen and oxygen atoms in total. The van der Waals surface area contributed by atoms with Crippen molar-refractivity contribution in [3.05, 3.63) is 258 Å². The molecule has 67 heavy (non-hydrogen) atoms. The van der Waals surface area contributed by atoms with Crippen molar-refractivity contribution in [2.24, 2.45) is 0 Å². The summed E-state index contributed by atoms with van der Waals surface area (Å²) in [5.74, 6) is 2.84. The number of benzene rings is 9. The summed E-state index contributed by atoms with van der Waals surface area (Å²) in [4.78, 5) is 0. The Balaban J connectivity index is 0.000000184. The van der Waals surface area contributed by atoms with Gasteiger partial charge in [0.05, 0.1) is 21.3 Å². The zero-order chi connectivity index (χ0) is 46.8. The fourth-order valence-electron chi connectivity index (χ4n) is 8.66. The van der Waals surface area contributed by atoms with Crippen LogP contribution in [-0.4, -0.2) is 36.6 Å². The highest BCUT2D eigenvalue weighted by Crippen LogP contribution is 2.52. The minimum atomic E-state index is -0.110. The van der Waals surface area contributed by atoms with Crippen molar-refractivity contribution in [2.75, 3.05) is 21.3 Å². The standard InChI is InChI=1S/C32H26O4.C27H26NO3/c33-27-13-5-23(6-14-27)31(24-7-15-28(34)16-8-24)21-1-2-22(4-3-21)32(25-9-17-29(35)18-10-25)26-11-19-30(36)20-12-26;1-29-25-15-9-22(10-16-25)28(21-7-5-4-6-8-21,23-11-17-26(30-2)18-12-23)24-13-19-27(31-3)20-14-24/h1-20,31-36H;4-20H,1-3H3/q;+1/p-1. The summed E-state index contributed by atoms with van der Waals surface area (Å²) >= 11 is 0. The molecule has 8 heteroatoms. The van der Waals surface area contributed by atoms with E-state index in [0.717, 1.165) is 73.4 Å². The second-order valence-corrected chi connectivity index (χ2v) is 16.0. The molecule has 0 heterocycles. The van der Waals surface area contributed by atoms with Crippen LogP contribution in [0.15, 0.2) is 224 Å². The van der Waals surface area contributed by atoms with Crippen LogP contribution in [-0.2, 0) is 0 Å². The van der Waals surface area contributed by atoms with E-state index in [1.807, 2.05) is 91.0 Å². The van der Waals surface area contributed by atoms with Gasteiger partial charge in [0.15, 0.2) is 0 Å². The molecule has 0 amide bonds. The average Bonchev–Trinajstić information content (AvgIpc) is 3.38. The quantitative estimate of drug-likeness (QED) is 0.0781. The minimum Gasteiger partial charge on any atom is -0.872 e. The van der Waals surface area contributed by atoms with Crippen molar-refractivity contribution < 1.29 is 34.6 Å². The Morgan fingerprint density at radius 3 is 0.821 bits per heavy atom. The zero-order valence-corrected chi connectivity index (χ0v) is 37.4. The van der Waals surface area contributed by atoms with Gasteiger partial charge in [-0.3, -0.25) is 0 Å². The van der Waals surface area contributed by atoms with E-state index in [1.54, 1.807) is 69.9 Å². The molecule has 0 saturated carbocycles. The van der Waals surface area contributed by atoms with Gasteiger partial charge >= 0.3 is 0 Å². The molecule has 0 aliphatic heterocycles. The molecular weight excluding hydrogens is 835 g/mol. The molecular formula is C59H51NO7. The lowest BCUT2D eigenvalue weighted by Gasteiger charge is -2.37. The van der Waals surface area contributed by atoms with Crippen molar-refractivity contribution in [3.8, 4) is 40.2 Å². The fourth-order valence-corrected chi connectivity index (χ4v) is 8.66. The van der Waals surface area contributed by atoms with Gasteiger partial charge in [-0.25, -0.2) is 0 Å². The molecule has 0 fully saturated rings. The van der Waals surface area contributed by atoms with Gasteiger partial charge in [0.25, 0.3) is 0 Å². The van der Waals surface area contributed by atoms with Crippen LogP contribution in [0.5, 0.6) is 40.2 Å². The Morgan fingerprint density at radius 2 is 0.552 bits per heavy atom. The molecule has 0 radical (unpaired) electrons. The number of ether oxygens (including phenoxy) is 3. The summed E-state index contributed by atoms with van der Waals surface area (Å²) < 4.78 is 16.7. The SMILES string of the molecule is COc1ccc([N+](c2ccccc2)(c2ccc(OC)cc2)c2ccc(OC)cc2)cc1.[O-]c1ccc(C(c2ccc(O)cc2)c2ccc(C(c3ccc(O)cc3)c3ccc(O)cc3)cc2)cc1. The molecule has 0 spiro atoms. The number of phenols is 3. The Kier molecular flexibility index (Phi) is 13.9. The number of hydrogen-bond acceptors (Lipinski definition) is 7. The summed E-state index contributed by atoms with van der Waals surface area (Å²) in [5.41, 5.74) is 10.5. The number of phenolic OH excluding ortho intramolecular Hbond substituents is 3. The number of nitrogens with zero attached hydrogens (tertiary/aromatic N) is 1. The summed E-state index contributed by atoms with van der Waals surface area (Å²) in [5, 5.41) is 41.1. The predicted octanol–water partition coefficient (Wildman–Crippen LogP) is 13.3. The van der Waals surface area contributed by atoms with Crippen LogP contribution in [0, 0.1) is 0 Å². The minimum absolute atomic E-state index is 0.0378. The Bertz CT molecular complexity index is 2620. The first-order valence-electron chi connectivity index (χ1n) is 21.8. The third kappa shape index (κ3) is 9.95. The molecule has 0 saturated heterocycles. The van der Waals surface area contributed by atoms with E-state index in [2.05, 4.69) is 84.9 Å². The maximum Gasteiger partial charge on any atom is 0.148 e. The summed E-state index contributed by atoms with van der Waals surface area (Å²) in [6.07, 6.45) is 0. The van der Waals surface area contributed by atoms with Gasteiger partial charge in [-0.05, 0) is 106 Å². The lowest BCUT2D eigenvalue weighted by molar-refractivity contribution is -0.268. The van der Waals surface area contributed by atoms with Crippen LogP contribution < -0.4 is 23.8 Å². The van der Waals surface area contributed by atoms with E-state index >= 15 is 0 Å². The normalized spacial score (nSPS) is 11.5. The second kappa shape index (κ2) is 20.6. The van der Waals surface area contributed by atoms with Crippen molar-refractivity contribution in [1.82, 2.24) is 4.48 Å². The largest absolute Gasteiger partial charge is 0.872 e. The van der Waals surface area contributed by atoms with Gasteiger partial charge in [-0.15, -0.1) is 5.75 Å². The first kappa shape index (κ1) is 45.1. The zero-order valence-electron chi connectivity index (χ0n) is 37.4. The Labute approximate surface area is 391 Å². The second-order valence-electron chi connectivity index (χ2n) is 16.0. The van der Waals surface area contributed by atoms with Crippen LogP contribution in [0.25, 0.3) is 0 Å². The van der Waals surface area contributed by atoms with Crippen molar-refractivity contribution in [2.45, 2.75) is 11.8 Å². The highest BCUT2D eigenvalue weighted by atomic mass is 16.5. The van der Waals surface area contributed by atoms with Crippen LogP contribution >= 0.6 is 0 Å². The summed E-state index contributed by atoms with van der Waals surface area (Å²) in [6.45, 7) is 0. The maximum absolute atomic E-state index is 11.7. The molecule has 334 valence electrons. The molecule has 0 aromatic heterocycles. The third-order valence-corrected chi connectivity index (χ3v) is 12.0. The number of aromatic hydroxyl groups is 3. The lowest BCUT2D eigenvalue weighted by atomic mass is 9.81. The first-order valence-corrected chi connectivity index (χ1v) is 21.8. The van der Waals surface area contributed by atoms with Gasteiger partial charge in [0.2, 0.25) is 0 Å². The van der Waals surface area contributed by atoms with E-state index in [9.17, 15) is 20.4 Å². The van der Waals surface area contributed by atoms with Crippen LogP contribution in [0.4, 0.5) is 22.7 Å². The number of para-hydroxylation sites is 1. The number of rotatable bonds is 13. The molecule has 0 bridgehead atoms. The highest BCUT2D eigenvalue weighted by Gasteiger charge is 2.39. The molecule has 1 unspecified atom stereocenters. The highest BCUT2D eigenvalue weighted by molar-refractivity contribution is 5.82. The van der Waals surface area contributed by atoms with Crippen molar-refractivity contribution in [1.29, 1.82) is 0 Å². The lowest BCUT2D eigenvalue weighted by Crippen LogP contribution is -2.33. The van der Waals surface area contributed by atoms with E-state index in [-0.39, 0.29) is 34.8 Å². The van der Waals surface area contributed by atoms with Crippen LogP contribution in [0.3, 0.4) is 0 Å². The van der Waals surface area contributed by atoms with E-state index < -0.39 is 0 Å². The van der Waals surface area contributed by atoms with E-state index in [4.69, 9.17) is 14.2 Å². The molecule has 0 aliphatic rings. The van der Waals surface area contributed by atoms with Crippen molar-refractivity contribution in [3.63, 3.8) is 0 Å². The van der Waals surface area contributed by atoms with E-state index in [1.165, 1.54) is 0 Å². The Hall–Kier alpha value is -8.46. The predicted molar refractivity (Wildman–Crippen MR) is 265 cm³/mol. The van der Waals surface area contributed by atoms with E-state index in [0.29, 0.717) is 4.48 Å². The fraction of sp³-hybridized carbons (Fsp3) is 0.0847. The Morgan fingerprint density at radius 1 is 0.313 bits per heavy atom. The number of hydrogen-bond donors (Lipinski definition) is 3. The molecule has 0 aliphatic carbocycles. The van der Waals surface area contributed by atoms with Crippen LogP contribution in [0.1, 0.15) is 45.2 Å². The molecule has 9 rings (SSSR count). The molecule has 3 N–H and O–H groups in total. The number of quaternary nitrogens is 1. The third-order valence-electron chi connectivity index (χ3n) is 12.0. The van der Waals surface area contributed by atoms with Gasteiger partial charge in [0, 0.05) is 60.4 Å². The van der Waals surface area contributed by atoms with Gasteiger partial charge in [0.1, 0.15) is 57.2 Å². The maximum atomic E-state index is 11.7. The first-order chi connectivity index (χ1) is 32.7. The molecule has 1 atom stereocenters. The molecule has 9 aromatic rings. The van der Waals surface area contributed by atoms with Gasteiger partial charge in [-0.2, -0.15) is 4.48 Å². The summed E-state index contributed by atoms with van der Waals surface area (Å²) in [6, 6.07) is 71.8. The smallest absolute Gasteiger partial charge is 0.148 e. The van der Waals surface area contributed by atoms with Gasteiger partial charge in [-0.1, -0.05) is 103 Å². The van der Waals surface area contributed by atoms with Gasteiger partial charge < -0.3 is 34.6 Å². The monoisotopic (exact) mass is 885 g/mol. The topological polar surface area (TPSA) is 111 Å². The van der Waals surface area contributed by atoms with Crippen molar-refractivity contribution >= 4 is 22.7 Å². The summed E-state index contributed by atoms with van der Waals surface area (Å²) in [7, 11) is 5.05. The molecule has 9 aromatic carbocycles. The van der Waals surface area contributed by atoms with Crippen LogP contribution in [0.2, 0.25) is 0 Å².